The van der Waals surface area contributed by atoms with Crippen LogP contribution in [0.3, 0.4) is 0 Å². The molecule has 1 unspecified atom stereocenters. The van der Waals surface area contributed by atoms with Gasteiger partial charge in [0, 0.05) is 33.2 Å². The van der Waals surface area contributed by atoms with Crippen LogP contribution in [-0.4, -0.2) is 67.5 Å². The Labute approximate surface area is 161 Å². The summed E-state index contributed by atoms with van der Waals surface area (Å²) in [6.45, 7) is 7.58. The van der Waals surface area contributed by atoms with Crippen LogP contribution >= 0.6 is 24.0 Å². The zero-order valence-electron chi connectivity index (χ0n) is 14.9. The zero-order chi connectivity index (χ0) is 16.9. The van der Waals surface area contributed by atoms with E-state index in [-0.39, 0.29) is 42.5 Å². The number of piperidine rings is 1. The van der Waals surface area contributed by atoms with Crippen molar-refractivity contribution in [3.8, 4) is 0 Å². The summed E-state index contributed by atoms with van der Waals surface area (Å²) in [6.07, 6.45) is 4.85. The van der Waals surface area contributed by atoms with Crippen LogP contribution in [0.15, 0.2) is 4.99 Å². The van der Waals surface area contributed by atoms with Crippen molar-refractivity contribution >= 4 is 41.9 Å². The molecule has 0 aromatic rings. The topological polar surface area (TPSA) is 77.0 Å². The lowest BCUT2D eigenvalue weighted by Crippen LogP contribution is -2.51. The van der Waals surface area contributed by atoms with Crippen LogP contribution in [0, 0.1) is 5.41 Å². The maximum absolute atomic E-state index is 11.6. The second-order valence-corrected chi connectivity index (χ2v) is 6.76. The Morgan fingerprint density at radius 3 is 2.75 bits per heavy atom. The molecule has 0 saturated carbocycles. The van der Waals surface area contributed by atoms with Crippen molar-refractivity contribution in [3.63, 3.8) is 0 Å². The van der Waals surface area contributed by atoms with Crippen LogP contribution in [0.1, 0.15) is 39.5 Å². The number of hydrogen-bond acceptors (Lipinski definition) is 3. The first-order valence-electron chi connectivity index (χ1n) is 8.53. The second-order valence-electron chi connectivity index (χ2n) is 6.76. The number of nitrogens with one attached hydrogen (secondary N) is 2. The summed E-state index contributed by atoms with van der Waals surface area (Å²) in [5, 5.41) is 5.82. The Kier molecular flexibility index (Phi) is 8.24. The number of carbonyl (C=O) groups excluding carboxylic acids is 2. The smallest absolute Gasteiger partial charge is 0.324 e. The first kappa shape index (κ1) is 21.0. The van der Waals surface area contributed by atoms with Crippen LogP contribution in [-0.2, 0) is 4.79 Å². The van der Waals surface area contributed by atoms with Crippen LogP contribution in [0.4, 0.5) is 4.79 Å². The van der Waals surface area contributed by atoms with E-state index in [9.17, 15) is 9.59 Å². The molecule has 0 spiro atoms. The molecular weight excluding hydrogens is 421 g/mol. The molecular formula is C16H30IN5O2. The third-order valence-electron chi connectivity index (χ3n) is 4.70. The highest BCUT2D eigenvalue weighted by atomic mass is 127. The minimum absolute atomic E-state index is 0. The number of likely N-dealkylation sites (tertiary alicyclic amines) is 1. The SMILES string of the molecule is CCCC1(C)CCCN(C(=NC)NCCN2C(=O)CNC2=O)C1.I. The quantitative estimate of drug-likeness (QED) is 0.289. The van der Waals surface area contributed by atoms with Crippen LogP contribution < -0.4 is 10.6 Å². The lowest BCUT2D eigenvalue weighted by atomic mass is 9.78. The van der Waals surface area contributed by atoms with E-state index in [0.717, 1.165) is 19.0 Å². The summed E-state index contributed by atoms with van der Waals surface area (Å²) in [6, 6.07) is -0.305. The molecule has 3 amide bonds. The molecule has 0 radical (unpaired) electrons. The summed E-state index contributed by atoms with van der Waals surface area (Å²) >= 11 is 0. The molecule has 2 aliphatic heterocycles. The molecule has 0 bridgehead atoms. The Bertz CT molecular complexity index is 465. The Morgan fingerprint density at radius 2 is 2.17 bits per heavy atom. The molecule has 138 valence electrons. The van der Waals surface area contributed by atoms with Gasteiger partial charge in [0.25, 0.3) is 0 Å². The number of halogens is 1. The number of urea groups is 1. The van der Waals surface area contributed by atoms with Crippen LogP contribution in [0.2, 0.25) is 0 Å². The average Bonchev–Trinajstić information content (AvgIpc) is 2.83. The van der Waals surface area contributed by atoms with Crippen molar-refractivity contribution in [1.82, 2.24) is 20.4 Å². The van der Waals surface area contributed by atoms with Crippen molar-refractivity contribution in [2.45, 2.75) is 39.5 Å². The molecule has 2 heterocycles. The van der Waals surface area contributed by atoms with E-state index in [1.54, 1.807) is 7.05 Å². The minimum atomic E-state index is -0.305. The standard InChI is InChI=1S/C16H29N5O2.HI/c1-4-6-16(2)7-5-9-20(12-16)14(17-3)18-8-10-21-13(22)11-19-15(21)23;/h4-12H2,1-3H3,(H,17,18)(H,19,23);1H. The number of hydrogen-bond donors (Lipinski definition) is 2. The van der Waals surface area contributed by atoms with Crippen molar-refractivity contribution in [2.75, 3.05) is 39.8 Å². The highest BCUT2D eigenvalue weighted by Crippen LogP contribution is 2.33. The maximum atomic E-state index is 11.6. The van der Waals surface area contributed by atoms with E-state index in [2.05, 4.69) is 34.4 Å². The summed E-state index contributed by atoms with van der Waals surface area (Å²) in [5.74, 6) is 0.694. The minimum Gasteiger partial charge on any atom is -0.354 e. The third kappa shape index (κ3) is 5.22. The van der Waals surface area contributed by atoms with Gasteiger partial charge in [0.15, 0.2) is 5.96 Å². The summed E-state index contributed by atoms with van der Waals surface area (Å²) < 4.78 is 0. The predicted octanol–water partition coefficient (Wildman–Crippen LogP) is 1.63. The Hall–Kier alpha value is -1.06. The highest BCUT2D eigenvalue weighted by molar-refractivity contribution is 14.0. The first-order chi connectivity index (χ1) is 11.0. The average molecular weight is 451 g/mol. The summed E-state index contributed by atoms with van der Waals surface area (Å²) in [5.41, 5.74) is 0.343. The van der Waals surface area contributed by atoms with Gasteiger partial charge in [-0.25, -0.2) is 4.79 Å². The number of carbonyl (C=O) groups is 2. The van der Waals surface area contributed by atoms with Crippen molar-refractivity contribution in [2.24, 2.45) is 10.4 Å². The second kappa shape index (κ2) is 9.43. The van der Waals surface area contributed by atoms with Gasteiger partial charge in [-0.2, -0.15) is 0 Å². The van der Waals surface area contributed by atoms with Gasteiger partial charge in [-0.05, 0) is 24.7 Å². The number of nitrogens with zero attached hydrogens (tertiary/aromatic N) is 3. The normalized spacial score (nSPS) is 24.7. The molecule has 0 aliphatic carbocycles. The molecule has 8 heteroatoms. The maximum Gasteiger partial charge on any atom is 0.324 e. The Balaban J connectivity index is 0.00000288. The van der Waals surface area contributed by atoms with Gasteiger partial charge in [-0.1, -0.05) is 20.3 Å². The van der Waals surface area contributed by atoms with Gasteiger partial charge < -0.3 is 15.5 Å². The highest BCUT2D eigenvalue weighted by Gasteiger charge is 2.32. The van der Waals surface area contributed by atoms with Crippen molar-refractivity contribution in [3.05, 3.63) is 0 Å². The molecule has 0 aromatic heterocycles. The predicted molar refractivity (Wildman–Crippen MR) is 106 cm³/mol. The number of guanidine groups is 1. The first-order valence-corrected chi connectivity index (χ1v) is 8.53. The number of aliphatic imine (C=N–C) groups is 1. The molecule has 2 aliphatic rings. The fraction of sp³-hybridized carbons (Fsp3) is 0.812. The van der Waals surface area contributed by atoms with E-state index >= 15 is 0 Å². The molecule has 2 N–H and O–H groups in total. The molecule has 2 fully saturated rings. The third-order valence-corrected chi connectivity index (χ3v) is 4.70. The Morgan fingerprint density at radius 1 is 1.42 bits per heavy atom. The fourth-order valence-electron chi connectivity index (χ4n) is 3.60. The molecule has 2 saturated heterocycles. The van der Waals surface area contributed by atoms with Gasteiger partial charge in [-0.3, -0.25) is 14.7 Å². The molecule has 2 rings (SSSR count). The van der Waals surface area contributed by atoms with Crippen LogP contribution in [0.25, 0.3) is 0 Å². The zero-order valence-corrected chi connectivity index (χ0v) is 17.3. The molecule has 7 nitrogen and oxygen atoms in total. The van der Waals surface area contributed by atoms with Gasteiger partial charge in [0.1, 0.15) is 0 Å². The van der Waals surface area contributed by atoms with E-state index in [1.807, 2.05) is 0 Å². The molecule has 0 aromatic carbocycles. The fourth-order valence-corrected chi connectivity index (χ4v) is 3.60. The van der Waals surface area contributed by atoms with Crippen molar-refractivity contribution in [1.29, 1.82) is 0 Å². The number of imide groups is 1. The number of amides is 3. The molecule has 1 atom stereocenters. The van der Waals surface area contributed by atoms with E-state index in [4.69, 9.17) is 0 Å². The van der Waals surface area contributed by atoms with Gasteiger partial charge >= 0.3 is 6.03 Å². The number of rotatable bonds is 5. The summed E-state index contributed by atoms with van der Waals surface area (Å²) in [7, 11) is 1.78. The van der Waals surface area contributed by atoms with Gasteiger partial charge in [0.2, 0.25) is 5.91 Å². The van der Waals surface area contributed by atoms with Crippen molar-refractivity contribution < 1.29 is 9.59 Å². The largest absolute Gasteiger partial charge is 0.354 e. The molecule has 24 heavy (non-hydrogen) atoms. The van der Waals surface area contributed by atoms with Gasteiger partial charge in [-0.15, -0.1) is 24.0 Å². The monoisotopic (exact) mass is 451 g/mol. The lowest BCUT2D eigenvalue weighted by Gasteiger charge is -2.42. The summed E-state index contributed by atoms with van der Waals surface area (Å²) in [4.78, 5) is 31.0. The van der Waals surface area contributed by atoms with Gasteiger partial charge in [0.05, 0.1) is 6.54 Å². The lowest BCUT2D eigenvalue weighted by molar-refractivity contribution is -0.124. The van der Waals surface area contributed by atoms with E-state index < -0.39 is 0 Å². The van der Waals surface area contributed by atoms with E-state index in [0.29, 0.717) is 18.5 Å². The van der Waals surface area contributed by atoms with Crippen LogP contribution in [0.5, 0.6) is 0 Å². The van der Waals surface area contributed by atoms with E-state index in [1.165, 1.54) is 30.6 Å².